The molecule has 0 aromatic heterocycles. The molecule has 4 nitrogen and oxygen atoms in total. The van der Waals surface area contributed by atoms with Gasteiger partial charge in [0.05, 0.1) is 15.8 Å². The highest BCUT2D eigenvalue weighted by molar-refractivity contribution is 7.99. The van der Waals surface area contributed by atoms with Crippen LogP contribution >= 0.6 is 35.0 Å². The zero-order valence-corrected chi connectivity index (χ0v) is 20.6. The molecule has 2 aromatic rings. The van der Waals surface area contributed by atoms with Gasteiger partial charge in [-0.1, -0.05) is 72.9 Å². The van der Waals surface area contributed by atoms with Gasteiger partial charge >= 0.3 is 0 Å². The maximum absolute atomic E-state index is 13.2. The van der Waals surface area contributed by atoms with Gasteiger partial charge in [0.2, 0.25) is 11.8 Å². The second kappa shape index (κ2) is 13.0. The predicted octanol–water partition coefficient (Wildman–Crippen LogP) is 5.87. The van der Waals surface area contributed by atoms with Crippen LogP contribution in [0.5, 0.6) is 0 Å². The van der Waals surface area contributed by atoms with Gasteiger partial charge in [0, 0.05) is 18.8 Å². The molecule has 2 rings (SSSR count). The lowest BCUT2D eigenvalue weighted by Gasteiger charge is -2.30. The molecular weight excluding hydrogens is 451 g/mol. The summed E-state index contributed by atoms with van der Waals surface area (Å²) in [5, 5.41) is 3.96. The lowest BCUT2D eigenvalue weighted by molar-refractivity contribution is -0.139. The molecule has 168 valence electrons. The molecule has 0 aliphatic heterocycles. The first-order valence-corrected chi connectivity index (χ1v) is 12.4. The Bertz CT molecular complexity index is 892. The Balaban J connectivity index is 2.11. The van der Waals surface area contributed by atoms with Crippen molar-refractivity contribution in [2.75, 3.05) is 12.3 Å². The summed E-state index contributed by atoms with van der Waals surface area (Å²) in [4.78, 5) is 27.7. The van der Waals surface area contributed by atoms with Gasteiger partial charge in [-0.3, -0.25) is 9.59 Å². The number of hydrogen-bond donors (Lipinski definition) is 1. The van der Waals surface area contributed by atoms with Gasteiger partial charge in [0.1, 0.15) is 6.04 Å². The van der Waals surface area contributed by atoms with Gasteiger partial charge in [-0.25, -0.2) is 0 Å². The highest BCUT2D eigenvalue weighted by atomic mass is 35.5. The van der Waals surface area contributed by atoms with E-state index in [1.165, 1.54) is 11.8 Å². The lowest BCUT2D eigenvalue weighted by Crippen LogP contribution is -2.49. The van der Waals surface area contributed by atoms with E-state index >= 15 is 0 Å². The number of carbonyl (C=O) groups is 2. The maximum atomic E-state index is 13.2. The number of thioether (sulfide) groups is 1. The van der Waals surface area contributed by atoms with Gasteiger partial charge in [-0.05, 0) is 43.0 Å². The van der Waals surface area contributed by atoms with Gasteiger partial charge in [0.15, 0.2) is 0 Å². The number of hydrogen-bond acceptors (Lipinski definition) is 3. The molecule has 1 N–H and O–H groups in total. The zero-order chi connectivity index (χ0) is 22.8. The fourth-order valence-electron chi connectivity index (χ4n) is 3.26. The molecule has 0 aliphatic carbocycles. The molecule has 0 saturated carbocycles. The maximum Gasteiger partial charge on any atom is 0.242 e. The summed E-state index contributed by atoms with van der Waals surface area (Å²) in [5.41, 5.74) is 3.15. The zero-order valence-electron chi connectivity index (χ0n) is 18.3. The Morgan fingerprint density at radius 2 is 1.84 bits per heavy atom. The fourth-order valence-corrected chi connectivity index (χ4v) is 4.44. The van der Waals surface area contributed by atoms with Crippen LogP contribution < -0.4 is 5.32 Å². The van der Waals surface area contributed by atoms with Gasteiger partial charge in [0.25, 0.3) is 0 Å². The molecule has 2 aromatic carbocycles. The van der Waals surface area contributed by atoms with Gasteiger partial charge in [-0.2, -0.15) is 0 Å². The standard InChI is InChI=1S/C24H30Cl2N2O2S/c1-4-11-27-24(30)22(5-2)28(14-18-8-6-7-17(3)12-18)23(29)16-31-15-19-9-10-20(25)21(26)13-19/h6-10,12-13,22H,4-5,11,14-16H2,1-3H3,(H,27,30)/t22-/m0/s1. The first kappa shape index (κ1) is 25.6. The monoisotopic (exact) mass is 480 g/mol. The minimum Gasteiger partial charge on any atom is -0.354 e. The first-order valence-electron chi connectivity index (χ1n) is 10.5. The number of benzene rings is 2. The van der Waals surface area contributed by atoms with Crippen LogP contribution in [0, 0.1) is 6.92 Å². The molecule has 0 bridgehead atoms. The summed E-state index contributed by atoms with van der Waals surface area (Å²) in [7, 11) is 0. The fraction of sp³-hybridized carbons (Fsp3) is 0.417. The summed E-state index contributed by atoms with van der Waals surface area (Å²) in [6, 6.07) is 13.0. The van der Waals surface area contributed by atoms with Crippen molar-refractivity contribution in [3.63, 3.8) is 0 Å². The number of carbonyl (C=O) groups excluding carboxylic acids is 2. The number of halogens is 2. The normalized spacial score (nSPS) is 11.8. The van der Waals surface area contributed by atoms with Crippen LogP contribution in [-0.4, -0.2) is 35.1 Å². The summed E-state index contributed by atoms with van der Waals surface area (Å²) in [6.07, 6.45) is 1.41. The number of aryl methyl sites for hydroxylation is 1. The van der Waals surface area contributed by atoms with E-state index in [1.807, 2.05) is 51.1 Å². The van der Waals surface area contributed by atoms with Gasteiger partial charge in [-0.15, -0.1) is 11.8 Å². The van der Waals surface area contributed by atoms with Crippen LogP contribution in [0.3, 0.4) is 0 Å². The SMILES string of the molecule is CCCNC(=O)[C@H](CC)N(Cc1cccc(C)c1)C(=O)CSCc1ccc(Cl)c(Cl)c1. The van der Waals surface area contributed by atoms with Crippen LogP contribution in [0.2, 0.25) is 10.0 Å². The molecule has 0 unspecified atom stereocenters. The number of rotatable bonds is 11. The minimum atomic E-state index is -0.495. The third-order valence-corrected chi connectivity index (χ3v) is 6.58. The van der Waals surface area contributed by atoms with E-state index in [1.54, 1.807) is 11.0 Å². The number of amides is 2. The van der Waals surface area contributed by atoms with Crippen LogP contribution in [0.25, 0.3) is 0 Å². The Labute approximate surface area is 199 Å². The molecule has 0 heterocycles. The number of nitrogens with zero attached hydrogens (tertiary/aromatic N) is 1. The highest BCUT2D eigenvalue weighted by Crippen LogP contribution is 2.25. The van der Waals surface area contributed by atoms with E-state index in [4.69, 9.17) is 23.2 Å². The van der Waals surface area contributed by atoms with Crippen molar-refractivity contribution in [2.24, 2.45) is 0 Å². The first-order chi connectivity index (χ1) is 14.8. The molecule has 1 atom stereocenters. The molecule has 0 aliphatic rings. The third kappa shape index (κ3) is 8.06. The van der Waals surface area contributed by atoms with E-state index in [9.17, 15) is 9.59 Å². The van der Waals surface area contributed by atoms with E-state index < -0.39 is 6.04 Å². The molecule has 0 saturated heterocycles. The molecular formula is C24H30Cl2N2O2S. The van der Waals surface area contributed by atoms with Crippen molar-refractivity contribution in [1.29, 1.82) is 0 Å². The van der Waals surface area contributed by atoms with Crippen LogP contribution in [-0.2, 0) is 21.9 Å². The molecule has 0 spiro atoms. The van der Waals surface area contributed by atoms with Crippen molar-refractivity contribution in [3.8, 4) is 0 Å². The van der Waals surface area contributed by atoms with Crippen LogP contribution in [0.15, 0.2) is 42.5 Å². The van der Waals surface area contributed by atoms with Crippen molar-refractivity contribution >= 4 is 46.8 Å². The Hall–Kier alpha value is -1.69. The third-order valence-electron chi connectivity index (χ3n) is 4.85. The van der Waals surface area contributed by atoms with Gasteiger partial charge < -0.3 is 10.2 Å². The summed E-state index contributed by atoms with van der Waals surface area (Å²) in [6.45, 7) is 6.99. The van der Waals surface area contributed by atoms with Crippen molar-refractivity contribution in [3.05, 3.63) is 69.2 Å². The molecule has 0 fully saturated rings. The molecule has 2 amide bonds. The smallest absolute Gasteiger partial charge is 0.242 e. The largest absolute Gasteiger partial charge is 0.354 e. The summed E-state index contributed by atoms with van der Waals surface area (Å²) < 4.78 is 0. The molecule has 0 radical (unpaired) electrons. The average molecular weight is 481 g/mol. The average Bonchev–Trinajstić information content (AvgIpc) is 2.74. The Kier molecular flexibility index (Phi) is 10.7. The Morgan fingerprint density at radius 3 is 2.48 bits per heavy atom. The van der Waals surface area contributed by atoms with E-state index in [2.05, 4.69) is 11.4 Å². The lowest BCUT2D eigenvalue weighted by atomic mass is 10.1. The van der Waals surface area contributed by atoms with E-state index in [0.29, 0.717) is 35.3 Å². The quantitative estimate of drug-likeness (QED) is 0.437. The summed E-state index contributed by atoms with van der Waals surface area (Å²) in [5.74, 6) is 0.772. The molecule has 31 heavy (non-hydrogen) atoms. The second-order valence-corrected chi connectivity index (χ2v) is 9.27. The van der Waals surface area contributed by atoms with Crippen molar-refractivity contribution in [2.45, 2.75) is 52.0 Å². The van der Waals surface area contributed by atoms with E-state index in [-0.39, 0.29) is 17.6 Å². The van der Waals surface area contributed by atoms with Crippen LogP contribution in [0.4, 0.5) is 0 Å². The Morgan fingerprint density at radius 1 is 1.06 bits per heavy atom. The summed E-state index contributed by atoms with van der Waals surface area (Å²) >= 11 is 13.6. The van der Waals surface area contributed by atoms with Crippen molar-refractivity contribution < 1.29 is 9.59 Å². The van der Waals surface area contributed by atoms with Crippen molar-refractivity contribution in [1.82, 2.24) is 10.2 Å². The molecule has 7 heteroatoms. The second-order valence-electron chi connectivity index (χ2n) is 7.47. The minimum absolute atomic E-state index is 0.0509. The predicted molar refractivity (Wildman–Crippen MR) is 132 cm³/mol. The highest BCUT2D eigenvalue weighted by Gasteiger charge is 2.28. The van der Waals surface area contributed by atoms with E-state index in [0.717, 1.165) is 23.1 Å². The topological polar surface area (TPSA) is 49.4 Å². The van der Waals surface area contributed by atoms with Crippen LogP contribution in [0.1, 0.15) is 43.4 Å². The number of nitrogens with one attached hydrogen (secondary N) is 1.